The summed E-state index contributed by atoms with van der Waals surface area (Å²) < 4.78 is 1.03. The predicted molar refractivity (Wildman–Crippen MR) is 84.7 cm³/mol. The fourth-order valence-electron chi connectivity index (χ4n) is 1.92. The summed E-state index contributed by atoms with van der Waals surface area (Å²) in [5.41, 5.74) is 0.956. The Balaban J connectivity index is 2.24. The topological polar surface area (TPSA) is 37.8 Å². The number of halogens is 1. The Hall–Kier alpha value is -1.46. The third-order valence-corrected chi connectivity index (χ3v) is 4.10. The summed E-state index contributed by atoms with van der Waals surface area (Å²) in [7, 11) is 0. The van der Waals surface area contributed by atoms with Gasteiger partial charge in [0.2, 0.25) is 0 Å². The fraction of sp³-hybridized carbons (Fsp3) is 0.143. The summed E-state index contributed by atoms with van der Waals surface area (Å²) in [5, 5.41) is 6.39. The highest BCUT2D eigenvalue weighted by atomic mass is 79.9. The molecule has 0 amide bonds. The molecule has 19 heavy (non-hydrogen) atoms. The SMILES string of the molecule is CCNc1nc(-c2cccs2)nc2ccc(Br)cc12. The smallest absolute Gasteiger partial charge is 0.172 e. The first-order valence-electron chi connectivity index (χ1n) is 6.03. The second-order valence-corrected chi connectivity index (χ2v) is 5.93. The summed E-state index contributed by atoms with van der Waals surface area (Å²) >= 11 is 5.15. The minimum absolute atomic E-state index is 0.778. The Kier molecular flexibility index (Phi) is 3.48. The number of nitrogens with zero attached hydrogens (tertiary/aromatic N) is 2. The Morgan fingerprint density at radius 2 is 2.16 bits per heavy atom. The highest BCUT2D eigenvalue weighted by molar-refractivity contribution is 9.10. The molecule has 96 valence electrons. The van der Waals surface area contributed by atoms with Crippen molar-refractivity contribution in [1.29, 1.82) is 0 Å². The van der Waals surface area contributed by atoms with Gasteiger partial charge in [0.15, 0.2) is 5.82 Å². The molecule has 0 saturated carbocycles. The molecular formula is C14H12BrN3S. The third kappa shape index (κ3) is 2.48. The van der Waals surface area contributed by atoms with Crippen LogP contribution in [0.4, 0.5) is 5.82 Å². The van der Waals surface area contributed by atoms with E-state index in [0.29, 0.717) is 0 Å². The average Bonchev–Trinajstić information content (AvgIpc) is 2.93. The van der Waals surface area contributed by atoms with Crippen LogP contribution >= 0.6 is 27.3 Å². The molecule has 1 aromatic carbocycles. The second-order valence-electron chi connectivity index (χ2n) is 4.06. The molecule has 0 atom stereocenters. The second kappa shape index (κ2) is 5.27. The molecule has 5 heteroatoms. The van der Waals surface area contributed by atoms with E-state index >= 15 is 0 Å². The largest absolute Gasteiger partial charge is 0.370 e. The molecule has 3 aromatic rings. The van der Waals surface area contributed by atoms with Gasteiger partial charge in [0.05, 0.1) is 10.4 Å². The van der Waals surface area contributed by atoms with Crippen LogP contribution in [0.25, 0.3) is 21.6 Å². The molecule has 0 aliphatic rings. The van der Waals surface area contributed by atoms with Crippen molar-refractivity contribution in [2.75, 3.05) is 11.9 Å². The number of rotatable bonds is 3. The van der Waals surface area contributed by atoms with Crippen LogP contribution in [0.5, 0.6) is 0 Å². The van der Waals surface area contributed by atoms with Crippen LogP contribution in [-0.2, 0) is 0 Å². The number of nitrogens with one attached hydrogen (secondary N) is 1. The zero-order chi connectivity index (χ0) is 13.2. The Bertz CT molecular complexity index is 710. The monoisotopic (exact) mass is 333 g/mol. The first-order valence-corrected chi connectivity index (χ1v) is 7.70. The highest BCUT2D eigenvalue weighted by Crippen LogP contribution is 2.29. The molecule has 3 rings (SSSR count). The van der Waals surface area contributed by atoms with Crippen LogP contribution in [0.2, 0.25) is 0 Å². The van der Waals surface area contributed by atoms with Crippen LogP contribution in [0.3, 0.4) is 0 Å². The van der Waals surface area contributed by atoms with Crippen molar-refractivity contribution in [1.82, 2.24) is 9.97 Å². The minimum Gasteiger partial charge on any atom is -0.370 e. The zero-order valence-corrected chi connectivity index (χ0v) is 12.8. The van der Waals surface area contributed by atoms with Crippen LogP contribution in [0, 0.1) is 0 Å². The minimum atomic E-state index is 0.778. The van der Waals surface area contributed by atoms with E-state index in [1.165, 1.54) is 0 Å². The van der Waals surface area contributed by atoms with E-state index in [-0.39, 0.29) is 0 Å². The van der Waals surface area contributed by atoms with Crippen LogP contribution < -0.4 is 5.32 Å². The Morgan fingerprint density at radius 3 is 2.89 bits per heavy atom. The van der Waals surface area contributed by atoms with Gasteiger partial charge in [-0.15, -0.1) is 11.3 Å². The van der Waals surface area contributed by atoms with Crippen LogP contribution in [0.15, 0.2) is 40.2 Å². The molecule has 0 unspecified atom stereocenters. The number of anilines is 1. The van der Waals surface area contributed by atoms with E-state index in [2.05, 4.69) is 38.1 Å². The molecule has 0 aliphatic carbocycles. The lowest BCUT2D eigenvalue weighted by Gasteiger charge is -2.09. The van der Waals surface area contributed by atoms with Crippen molar-refractivity contribution in [3.05, 3.63) is 40.2 Å². The fourth-order valence-corrected chi connectivity index (χ4v) is 2.94. The van der Waals surface area contributed by atoms with E-state index in [9.17, 15) is 0 Å². The van der Waals surface area contributed by atoms with Gasteiger partial charge in [-0.2, -0.15) is 0 Å². The van der Waals surface area contributed by atoms with E-state index < -0.39 is 0 Å². The summed E-state index contributed by atoms with van der Waals surface area (Å²) in [4.78, 5) is 10.4. The van der Waals surface area contributed by atoms with Crippen LogP contribution in [-0.4, -0.2) is 16.5 Å². The van der Waals surface area contributed by atoms with Gasteiger partial charge in [-0.3, -0.25) is 0 Å². The van der Waals surface area contributed by atoms with Crippen molar-refractivity contribution < 1.29 is 0 Å². The molecule has 0 spiro atoms. The van der Waals surface area contributed by atoms with Crippen molar-refractivity contribution in [2.45, 2.75) is 6.92 Å². The van der Waals surface area contributed by atoms with Gasteiger partial charge in [-0.05, 0) is 36.6 Å². The average molecular weight is 334 g/mol. The molecule has 0 radical (unpaired) electrons. The molecule has 0 saturated heterocycles. The number of thiophene rings is 1. The first kappa shape index (κ1) is 12.6. The van der Waals surface area contributed by atoms with E-state index in [1.807, 2.05) is 35.7 Å². The molecule has 0 aliphatic heterocycles. The van der Waals surface area contributed by atoms with Crippen molar-refractivity contribution in [2.24, 2.45) is 0 Å². The normalized spacial score (nSPS) is 10.8. The van der Waals surface area contributed by atoms with Crippen molar-refractivity contribution in [3.63, 3.8) is 0 Å². The third-order valence-electron chi connectivity index (χ3n) is 2.74. The van der Waals surface area contributed by atoms with E-state index in [0.717, 1.165) is 38.4 Å². The standard InChI is InChI=1S/C14H12BrN3S/c1-2-16-13-10-8-9(15)5-6-11(10)17-14(18-13)12-4-3-7-19-12/h3-8H,2H2,1H3,(H,16,17,18). The maximum absolute atomic E-state index is 4.64. The summed E-state index contributed by atoms with van der Waals surface area (Å²) in [6, 6.07) is 10.1. The lowest BCUT2D eigenvalue weighted by molar-refractivity contribution is 1.15. The van der Waals surface area contributed by atoms with Gasteiger partial charge in [-0.1, -0.05) is 22.0 Å². The van der Waals surface area contributed by atoms with E-state index in [1.54, 1.807) is 11.3 Å². The van der Waals surface area contributed by atoms with E-state index in [4.69, 9.17) is 0 Å². The lowest BCUT2D eigenvalue weighted by Crippen LogP contribution is -2.02. The Labute approximate surface area is 123 Å². The molecule has 1 N–H and O–H groups in total. The van der Waals surface area contributed by atoms with Crippen LogP contribution in [0.1, 0.15) is 6.92 Å². The number of hydrogen-bond donors (Lipinski definition) is 1. The Morgan fingerprint density at radius 1 is 1.26 bits per heavy atom. The number of fused-ring (bicyclic) bond motifs is 1. The number of hydrogen-bond acceptors (Lipinski definition) is 4. The van der Waals surface area contributed by atoms with Gasteiger partial charge in [0, 0.05) is 16.4 Å². The predicted octanol–water partition coefficient (Wildman–Crippen LogP) is 4.55. The highest BCUT2D eigenvalue weighted by Gasteiger charge is 2.09. The van der Waals surface area contributed by atoms with Gasteiger partial charge in [0.25, 0.3) is 0 Å². The molecule has 2 aromatic heterocycles. The van der Waals surface area contributed by atoms with Gasteiger partial charge >= 0.3 is 0 Å². The molecule has 3 nitrogen and oxygen atoms in total. The zero-order valence-electron chi connectivity index (χ0n) is 10.4. The van der Waals surface area contributed by atoms with Gasteiger partial charge < -0.3 is 5.32 Å². The quantitative estimate of drug-likeness (QED) is 0.763. The van der Waals surface area contributed by atoms with Crippen molar-refractivity contribution >= 4 is 44.0 Å². The maximum Gasteiger partial charge on any atom is 0.172 e. The lowest BCUT2D eigenvalue weighted by atomic mass is 10.2. The molecule has 2 heterocycles. The number of aromatic nitrogens is 2. The maximum atomic E-state index is 4.64. The first-order chi connectivity index (χ1) is 9.28. The molecule has 0 bridgehead atoms. The summed E-state index contributed by atoms with van der Waals surface area (Å²) in [6.07, 6.45) is 0. The molecular weight excluding hydrogens is 322 g/mol. The molecule has 0 fully saturated rings. The number of benzene rings is 1. The van der Waals surface area contributed by atoms with Crippen molar-refractivity contribution in [3.8, 4) is 10.7 Å². The van der Waals surface area contributed by atoms with Gasteiger partial charge in [0.1, 0.15) is 5.82 Å². The summed E-state index contributed by atoms with van der Waals surface area (Å²) in [5.74, 6) is 1.66. The van der Waals surface area contributed by atoms with Gasteiger partial charge in [-0.25, -0.2) is 9.97 Å². The summed E-state index contributed by atoms with van der Waals surface area (Å²) in [6.45, 7) is 2.90.